The van der Waals surface area contributed by atoms with E-state index in [0.717, 1.165) is 24.1 Å². The van der Waals surface area contributed by atoms with Crippen molar-refractivity contribution in [3.8, 4) is 17.3 Å². The summed E-state index contributed by atoms with van der Waals surface area (Å²) in [4.78, 5) is 7.13. The lowest BCUT2D eigenvalue weighted by molar-refractivity contribution is 0.293. The topological polar surface area (TPSA) is 39.9 Å². The van der Waals surface area contributed by atoms with Gasteiger partial charge in [0, 0.05) is 28.7 Å². The first-order chi connectivity index (χ1) is 16.3. The Morgan fingerprint density at radius 3 is 2.18 bits per heavy atom. The summed E-state index contributed by atoms with van der Waals surface area (Å²) in [5.41, 5.74) is 6.29. The third-order valence-corrected chi connectivity index (χ3v) is 7.19. The average molecular weight is 428 g/mol. The number of benzene rings is 1. The predicted molar refractivity (Wildman–Crippen MR) is 133 cm³/mol. The highest BCUT2D eigenvalue weighted by molar-refractivity contribution is 5.79. The summed E-state index contributed by atoms with van der Waals surface area (Å²) >= 11 is 0. The highest BCUT2D eigenvalue weighted by atomic mass is 15.2. The van der Waals surface area contributed by atoms with Gasteiger partial charge in [-0.2, -0.15) is 5.26 Å². The van der Waals surface area contributed by atoms with Gasteiger partial charge in [0.2, 0.25) is 0 Å². The normalized spacial score (nSPS) is 26.9. The Bertz CT molecular complexity index is 1260. The van der Waals surface area contributed by atoms with E-state index in [1.807, 2.05) is 12.1 Å². The number of nitrogens with zero attached hydrogens (tertiary/aromatic N) is 3. The van der Waals surface area contributed by atoms with Crippen LogP contribution in [0.4, 0.5) is 0 Å². The van der Waals surface area contributed by atoms with Gasteiger partial charge in [0.05, 0.1) is 17.8 Å². The van der Waals surface area contributed by atoms with Gasteiger partial charge in [0.1, 0.15) is 11.8 Å². The summed E-state index contributed by atoms with van der Waals surface area (Å²) in [5.74, 6) is 1.03. The van der Waals surface area contributed by atoms with Crippen LogP contribution in [0.15, 0.2) is 109 Å². The second-order valence-corrected chi connectivity index (χ2v) is 8.98. The Hall–Kier alpha value is -3.90. The van der Waals surface area contributed by atoms with Gasteiger partial charge in [-0.25, -0.2) is 4.98 Å². The van der Waals surface area contributed by atoms with Crippen LogP contribution < -0.4 is 0 Å². The van der Waals surface area contributed by atoms with Crippen molar-refractivity contribution in [1.29, 1.82) is 5.26 Å². The minimum absolute atomic E-state index is 0.395. The summed E-state index contributed by atoms with van der Waals surface area (Å²) in [5, 5.41) is 9.17. The summed E-state index contributed by atoms with van der Waals surface area (Å²) in [6.07, 6.45) is 25.1. The van der Waals surface area contributed by atoms with Gasteiger partial charge in [-0.1, -0.05) is 91.1 Å². The fourth-order valence-corrected chi connectivity index (χ4v) is 5.71. The molecule has 3 nitrogen and oxygen atoms in total. The molecule has 0 N–H and O–H groups in total. The van der Waals surface area contributed by atoms with Gasteiger partial charge >= 0.3 is 0 Å². The number of likely N-dealkylation sites (tertiary alicyclic amines) is 1. The number of aromatic nitrogens is 1. The van der Waals surface area contributed by atoms with Crippen molar-refractivity contribution in [2.45, 2.75) is 24.9 Å². The molecule has 33 heavy (non-hydrogen) atoms. The number of nitriles is 1. The Labute approximate surface area is 195 Å². The molecule has 1 aromatic heterocycles. The van der Waals surface area contributed by atoms with Crippen molar-refractivity contribution >= 4 is 5.57 Å². The van der Waals surface area contributed by atoms with E-state index < -0.39 is 0 Å². The summed E-state index contributed by atoms with van der Waals surface area (Å²) < 4.78 is 0. The molecular formula is C30H25N3. The Balaban J connectivity index is 1.40. The predicted octanol–water partition coefficient (Wildman–Crippen LogP) is 6.22. The van der Waals surface area contributed by atoms with Crippen LogP contribution in [0.3, 0.4) is 0 Å². The van der Waals surface area contributed by atoms with Crippen LogP contribution in [-0.2, 0) is 0 Å². The molecule has 0 radical (unpaired) electrons. The molecule has 1 aromatic carbocycles. The SMILES string of the molecule is N#Cc1cccc(-c2ccc(C3=C(N4C5C=CC=CC5C5C=CC=CC54)CCC=C3)cc2)n1. The Morgan fingerprint density at radius 2 is 1.48 bits per heavy atom. The fourth-order valence-electron chi connectivity index (χ4n) is 5.71. The summed E-state index contributed by atoms with van der Waals surface area (Å²) in [7, 11) is 0. The zero-order valence-corrected chi connectivity index (χ0v) is 18.4. The van der Waals surface area contributed by atoms with Crippen LogP contribution in [0.25, 0.3) is 16.8 Å². The zero-order valence-electron chi connectivity index (χ0n) is 18.4. The Kier molecular flexibility index (Phi) is 4.92. The van der Waals surface area contributed by atoms with E-state index in [1.165, 1.54) is 16.8 Å². The fraction of sp³-hybridized carbons (Fsp3) is 0.200. The van der Waals surface area contributed by atoms with Crippen LogP contribution in [0.5, 0.6) is 0 Å². The van der Waals surface area contributed by atoms with Crippen molar-refractivity contribution < 1.29 is 0 Å². The van der Waals surface area contributed by atoms with Crippen LogP contribution in [-0.4, -0.2) is 22.0 Å². The lowest BCUT2D eigenvalue weighted by atomic mass is 9.83. The molecule has 2 aromatic rings. The molecule has 4 unspecified atom stereocenters. The van der Waals surface area contributed by atoms with Crippen LogP contribution >= 0.6 is 0 Å². The molecule has 6 rings (SSSR count). The van der Waals surface area contributed by atoms with Crippen molar-refractivity contribution in [2.24, 2.45) is 11.8 Å². The van der Waals surface area contributed by atoms with Crippen molar-refractivity contribution in [3.63, 3.8) is 0 Å². The monoisotopic (exact) mass is 427 g/mol. The number of fused-ring (bicyclic) bond motifs is 3. The van der Waals surface area contributed by atoms with Gasteiger partial charge in [-0.15, -0.1) is 0 Å². The molecule has 1 fully saturated rings. The molecule has 4 aliphatic rings. The minimum Gasteiger partial charge on any atom is -0.360 e. The summed E-state index contributed by atoms with van der Waals surface area (Å²) in [6, 6.07) is 17.1. The maximum absolute atomic E-state index is 9.17. The summed E-state index contributed by atoms with van der Waals surface area (Å²) in [6.45, 7) is 0. The maximum Gasteiger partial charge on any atom is 0.141 e. The molecule has 1 aliphatic heterocycles. The van der Waals surface area contributed by atoms with E-state index in [1.54, 1.807) is 6.07 Å². The molecule has 0 amide bonds. The van der Waals surface area contributed by atoms with Gasteiger partial charge in [0.15, 0.2) is 0 Å². The zero-order chi connectivity index (χ0) is 22.2. The average Bonchev–Trinajstić information content (AvgIpc) is 3.23. The standard InChI is InChI=1S/C30H25N3/c31-20-23-8-7-12-27(32-23)22-18-16-21(17-19-22)24-9-1-4-13-28(24)33-29-14-5-2-10-25(29)26-11-3-6-15-30(26)33/h1-3,5-12,14-19,25-26,29-30H,4,13H2. The molecule has 3 heteroatoms. The van der Waals surface area contributed by atoms with Crippen LogP contribution in [0, 0.1) is 23.2 Å². The van der Waals surface area contributed by atoms with E-state index in [0.29, 0.717) is 29.6 Å². The molecular weight excluding hydrogens is 402 g/mol. The Morgan fingerprint density at radius 1 is 0.818 bits per heavy atom. The number of rotatable bonds is 3. The number of pyridine rings is 1. The van der Waals surface area contributed by atoms with Crippen molar-refractivity contribution in [2.75, 3.05) is 0 Å². The lowest BCUT2D eigenvalue weighted by Crippen LogP contribution is -2.37. The molecule has 3 aliphatic carbocycles. The van der Waals surface area contributed by atoms with Gasteiger partial charge in [-0.05, 0) is 30.5 Å². The van der Waals surface area contributed by atoms with Crippen molar-refractivity contribution in [1.82, 2.24) is 9.88 Å². The van der Waals surface area contributed by atoms with E-state index >= 15 is 0 Å². The smallest absolute Gasteiger partial charge is 0.141 e. The number of allylic oxidation sites excluding steroid dienone is 8. The molecule has 1 saturated heterocycles. The van der Waals surface area contributed by atoms with E-state index in [-0.39, 0.29) is 0 Å². The van der Waals surface area contributed by atoms with Gasteiger partial charge in [-0.3, -0.25) is 0 Å². The van der Waals surface area contributed by atoms with Crippen LogP contribution in [0.1, 0.15) is 24.1 Å². The first kappa shape index (κ1) is 19.8. The van der Waals surface area contributed by atoms with E-state index in [2.05, 4.69) is 101 Å². The third-order valence-electron chi connectivity index (χ3n) is 7.19. The molecule has 0 saturated carbocycles. The highest BCUT2D eigenvalue weighted by Gasteiger charge is 2.46. The molecule has 160 valence electrons. The second-order valence-electron chi connectivity index (χ2n) is 8.98. The highest BCUT2D eigenvalue weighted by Crippen LogP contribution is 2.46. The lowest BCUT2D eigenvalue weighted by Gasteiger charge is -2.36. The van der Waals surface area contributed by atoms with Gasteiger partial charge < -0.3 is 4.90 Å². The number of hydrogen-bond donors (Lipinski definition) is 0. The number of hydrogen-bond acceptors (Lipinski definition) is 3. The largest absolute Gasteiger partial charge is 0.360 e. The molecule has 4 atom stereocenters. The van der Waals surface area contributed by atoms with Gasteiger partial charge in [0.25, 0.3) is 0 Å². The van der Waals surface area contributed by atoms with E-state index in [9.17, 15) is 5.26 Å². The minimum atomic E-state index is 0.395. The van der Waals surface area contributed by atoms with E-state index in [4.69, 9.17) is 0 Å². The first-order valence-corrected chi connectivity index (χ1v) is 11.7. The van der Waals surface area contributed by atoms with Crippen LogP contribution in [0.2, 0.25) is 0 Å². The molecule has 0 spiro atoms. The first-order valence-electron chi connectivity index (χ1n) is 11.7. The quantitative estimate of drug-likeness (QED) is 0.584. The van der Waals surface area contributed by atoms with Crippen molar-refractivity contribution in [3.05, 3.63) is 120 Å². The molecule has 0 bridgehead atoms. The second kappa shape index (κ2) is 8.22. The third kappa shape index (κ3) is 3.39. The maximum atomic E-state index is 9.17. The molecule has 2 heterocycles.